The third kappa shape index (κ3) is 1.98. The predicted molar refractivity (Wildman–Crippen MR) is 83.3 cm³/mol. The second-order valence-corrected chi connectivity index (χ2v) is 5.66. The zero-order valence-electron chi connectivity index (χ0n) is 11.7. The molecular formula is C17H17N3O. The van der Waals surface area contributed by atoms with Crippen molar-refractivity contribution in [2.24, 2.45) is 0 Å². The van der Waals surface area contributed by atoms with Crippen molar-refractivity contribution < 1.29 is 0 Å². The highest BCUT2D eigenvalue weighted by molar-refractivity contribution is 5.92. The van der Waals surface area contributed by atoms with Crippen LogP contribution in [-0.4, -0.2) is 14.8 Å². The summed E-state index contributed by atoms with van der Waals surface area (Å²) in [6.45, 7) is 0. The first kappa shape index (κ1) is 12.4. The van der Waals surface area contributed by atoms with Crippen LogP contribution in [0.4, 0.5) is 0 Å². The van der Waals surface area contributed by atoms with Gasteiger partial charge in [-0.3, -0.25) is 9.48 Å². The first-order valence-corrected chi connectivity index (χ1v) is 7.50. The molecule has 2 heterocycles. The molecule has 21 heavy (non-hydrogen) atoms. The van der Waals surface area contributed by atoms with Crippen LogP contribution in [-0.2, 0) is 0 Å². The summed E-state index contributed by atoms with van der Waals surface area (Å²) in [5.74, 6) is 0. The normalized spacial score (nSPS) is 15.8. The Bertz CT molecular complexity index is 826. The molecule has 1 saturated carbocycles. The van der Waals surface area contributed by atoms with Crippen molar-refractivity contribution >= 4 is 10.9 Å². The molecule has 2 aromatic heterocycles. The van der Waals surface area contributed by atoms with Gasteiger partial charge in [0.1, 0.15) is 5.69 Å². The Hall–Kier alpha value is -2.36. The lowest BCUT2D eigenvalue weighted by Gasteiger charge is -2.10. The number of benzene rings is 1. The van der Waals surface area contributed by atoms with Gasteiger partial charge in [-0.25, -0.2) is 0 Å². The Morgan fingerprint density at radius 1 is 1.10 bits per heavy atom. The van der Waals surface area contributed by atoms with Gasteiger partial charge in [0.25, 0.3) is 5.56 Å². The van der Waals surface area contributed by atoms with E-state index in [1.54, 1.807) is 6.20 Å². The van der Waals surface area contributed by atoms with E-state index < -0.39 is 0 Å². The SMILES string of the molecule is O=c1[nH]ccc2c1c(-c1ccccc1)nn2C1CCCC1. The van der Waals surface area contributed by atoms with Gasteiger partial charge >= 0.3 is 0 Å². The van der Waals surface area contributed by atoms with Gasteiger partial charge in [-0.1, -0.05) is 43.2 Å². The fourth-order valence-corrected chi connectivity index (χ4v) is 3.32. The van der Waals surface area contributed by atoms with E-state index in [1.165, 1.54) is 12.8 Å². The van der Waals surface area contributed by atoms with Gasteiger partial charge < -0.3 is 4.98 Å². The Balaban J connectivity index is 2.01. The lowest BCUT2D eigenvalue weighted by atomic mass is 10.1. The van der Waals surface area contributed by atoms with Crippen molar-refractivity contribution in [3.63, 3.8) is 0 Å². The molecule has 4 heteroatoms. The Morgan fingerprint density at radius 3 is 2.62 bits per heavy atom. The smallest absolute Gasteiger partial charge is 0.259 e. The molecular weight excluding hydrogens is 262 g/mol. The van der Waals surface area contributed by atoms with E-state index >= 15 is 0 Å². The molecule has 1 aliphatic carbocycles. The molecule has 1 aliphatic rings. The number of nitrogens with one attached hydrogen (secondary N) is 1. The molecule has 106 valence electrons. The van der Waals surface area contributed by atoms with Crippen LogP contribution in [0, 0.1) is 0 Å². The summed E-state index contributed by atoms with van der Waals surface area (Å²) in [5, 5.41) is 5.50. The number of hydrogen-bond acceptors (Lipinski definition) is 2. The lowest BCUT2D eigenvalue weighted by molar-refractivity contribution is 0.483. The summed E-state index contributed by atoms with van der Waals surface area (Å²) in [7, 11) is 0. The average molecular weight is 279 g/mol. The molecule has 4 nitrogen and oxygen atoms in total. The van der Waals surface area contributed by atoms with Crippen molar-refractivity contribution in [3.05, 3.63) is 52.9 Å². The maximum absolute atomic E-state index is 12.3. The minimum absolute atomic E-state index is 0.0596. The highest BCUT2D eigenvalue weighted by Crippen LogP contribution is 2.34. The molecule has 1 fully saturated rings. The van der Waals surface area contributed by atoms with Crippen LogP contribution in [0.1, 0.15) is 31.7 Å². The number of nitrogens with zero attached hydrogens (tertiary/aromatic N) is 2. The number of H-pyrrole nitrogens is 1. The molecule has 0 saturated heterocycles. The van der Waals surface area contributed by atoms with E-state index in [2.05, 4.69) is 9.67 Å². The van der Waals surface area contributed by atoms with Gasteiger partial charge in [0.05, 0.1) is 16.9 Å². The van der Waals surface area contributed by atoms with Gasteiger partial charge in [-0.05, 0) is 18.9 Å². The van der Waals surface area contributed by atoms with Crippen LogP contribution in [0.3, 0.4) is 0 Å². The third-order valence-electron chi connectivity index (χ3n) is 4.35. The first-order valence-electron chi connectivity index (χ1n) is 7.50. The van der Waals surface area contributed by atoms with Crippen LogP contribution in [0.15, 0.2) is 47.4 Å². The molecule has 0 amide bonds. The zero-order valence-corrected chi connectivity index (χ0v) is 11.7. The number of pyridine rings is 1. The summed E-state index contributed by atoms with van der Waals surface area (Å²) in [5.41, 5.74) is 2.68. The number of aromatic nitrogens is 3. The second kappa shape index (κ2) is 4.88. The van der Waals surface area contributed by atoms with E-state index in [1.807, 2.05) is 36.4 Å². The summed E-state index contributed by atoms with van der Waals surface area (Å²) in [6.07, 6.45) is 6.51. The van der Waals surface area contributed by atoms with Gasteiger partial charge in [0.15, 0.2) is 0 Å². The number of aromatic amines is 1. The molecule has 1 aromatic carbocycles. The molecule has 3 aromatic rings. The Labute approximate surface area is 122 Å². The fraction of sp³-hybridized carbons (Fsp3) is 0.294. The van der Waals surface area contributed by atoms with Crippen molar-refractivity contribution in [2.75, 3.05) is 0 Å². The summed E-state index contributed by atoms with van der Waals surface area (Å²) in [6, 6.07) is 12.3. The quantitative estimate of drug-likeness (QED) is 0.780. The minimum atomic E-state index is -0.0596. The fourth-order valence-electron chi connectivity index (χ4n) is 3.32. The first-order chi connectivity index (χ1) is 10.3. The second-order valence-electron chi connectivity index (χ2n) is 5.66. The van der Waals surface area contributed by atoms with Gasteiger partial charge in [0.2, 0.25) is 0 Å². The lowest BCUT2D eigenvalue weighted by Crippen LogP contribution is -2.08. The van der Waals surface area contributed by atoms with E-state index in [-0.39, 0.29) is 5.56 Å². The Morgan fingerprint density at radius 2 is 1.86 bits per heavy atom. The van der Waals surface area contributed by atoms with Gasteiger partial charge in [0, 0.05) is 11.8 Å². The highest BCUT2D eigenvalue weighted by atomic mass is 16.1. The van der Waals surface area contributed by atoms with Crippen LogP contribution in [0.5, 0.6) is 0 Å². The van der Waals surface area contributed by atoms with Gasteiger partial charge in [-0.2, -0.15) is 5.10 Å². The summed E-state index contributed by atoms with van der Waals surface area (Å²) >= 11 is 0. The molecule has 0 unspecified atom stereocenters. The topological polar surface area (TPSA) is 50.7 Å². The van der Waals surface area contributed by atoms with Crippen molar-refractivity contribution in [1.82, 2.24) is 14.8 Å². The van der Waals surface area contributed by atoms with Crippen LogP contribution >= 0.6 is 0 Å². The maximum atomic E-state index is 12.3. The van der Waals surface area contributed by atoms with Crippen molar-refractivity contribution in [1.29, 1.82) is 0 Å². The van der Waals surface area contributed by atoms with Crippen LogP contribution in [0.2, 0.25) is 0 Å². The minimum Gasteiger partial charge on any atom is -0.328 e. The third-order valence-corrected chi connectivity index (χ3v) is 4.35. The van der Waals surface area contributed by atoms with Crippen molar-refractivity contribution in [3.8, 4) is 11.3 Å². The molecule has 0 radical (unpaired) electrons. The van der Waals surface area contributed by atoms with E-state index in [4.69, 9.17) is 5.10 Å². The van der Waals surface area contributed by atoms with Crippen LogP contribution < -0.4 is 5.56 Å². The summed E-state index contributed by atoms with van der Waals surface area (Å²) < 4.78 is 2.07. The van der Waals surface area contributed by atoms with Crippen LogP contribution in [0.25, 0.3) is 22.2 Å². The average Bonchev–Trinajstić information content (AvgIpc) is 3.16. The molecule has 0 spiro atoms. The molecule has 4 rings (SSSR count). The predicted octanol–water partition coefficient (Wildman–Crippen LogP) is 3.51. The van der Waals surface area contributed by atoms with E-state index in [0.29, 0.717) is 11.4 Å². The Kier molecular flexibility index (Phi) is 2.88. The maximum Gasteiger partial charge on any atom is 0.259 e. The van der Waals surface area contributed by atoms with E-state index in [9.17, 15) is 4.79 Å². The monoisotopic (exact) mass is 279 g/mol. The molecule has 0 aliphatic heterocycles. The number of rotatable bonds is 2. The molecule has 0 bridgehead atoms. The number of fused-ring (bicyclic) bond motifs is 1. The molecule has 0 atom stereocenters. The van der Waals surface area contributed by atoms with Gasteiger partial charge in [-0.15, -0.1) is 0 Å². The standard InChI is InChI=1S/C17H17N3O/c21-17-15-14(10-11-18-17)20(13-8-4-5-9-13)19-16(15)12-6-2-1-3-7-12/h1-3,6-7,10-11,13H,4-5,8-9H2,(H,18,21). The number of hydrogen-bond donors (Lipinski definition) is 1. The highest BCUT2D eigenvalue weighted by Gasteiger charge is 2.23. The molecule has 1 N–H and O–H groups in total. The van der Waals surface area contributed by atoms with Crippen molar-refractivity contribution in [2.45, 2.75) is 31.7 Å². The zero-order chi connectivity index (χ0) is 14.2. The van der Waals surface area contributed by atoms with E-state index in [0.717, 1.165) is 29.6 Å². The largest absolute Gasteiger partial charge is 0.328 e. The summed E-state index contributed by atoms with van der Waals surface area (Å²) in [4.78, 5) is 15.1.